The van der Waals surface area contributed by atoms with E-state index >= 15 is 0 Å². The van der Waals surface area contributed by atoms with Crippen molar-refractivity contribution < 1.29 is 18.5 Å². The van der Waals surface area contributed by atoms with Gasteiger partial charge in [-0.25, -0.2) is 4.57 Å². The number of rotatable bonds is 0. The van der Waals surface area contributed by atoms with E-state index in [-0.39, 0.29) is 0 Å². The molecule has 0 aromatic heterocycles. The van der Waals surface area contributed by atoms with E-state index in [4.69, 9.17) is 14.4 Å². The zero-order chi connectivity index (χ0) is 8.04. The quantitative estimate of drug-likeness (QED) is 0.434. The molecule has 1 aliphatic heterocycles. The standard InChI is InChI=1S/C3H6N2.FH2O3P/c1-2-5-3-4-1;1-5(2,3)4/h3H,1-2H2,(H,4,5);(H2,2,3,4). The molecule has 0 aromatic rings. The lowest BCUT2D eigenvalue weighted by molar-refractivity contribution is 0.322. The second-order valence-electron chi connectivity index (χ2n) is 1.46. The van der Waals surface area contributed by atoms with Gasteiger partial charge >= 0.3 is 7.91 Å². The van der Waals surface area contributed by atoms with Gasteiger partial charge in [-0.05, 0) is 0 Å². The number of nitrogens with one attached hydrogen (secondary N) is 1. The lowest BCUT2D eigenvalue weighted by Gasteiger charge is -1.77. The molecule has 0 aromatic carbocycles. The van der Waals surface area contributed by atoms with Gasteiger partial charge in [0.05, 0.1) is 12.9 Å². The molecule has 0 radical (unpaired) electrons. The fourth-order valence-electron chi connectivity index (χ4n) is 0.323. The number of hydrogen-bond donors (Lipinski definition) is 3. The highest BCUT2D eigenvalue weighted by Crippen LogP contribution is 2.34. The first kappa shape index (κ1) is 9.55. The Kier molecular flexibility index (Phi) is 4.18. The maximum Gasteiger partial charge on any atom is 0.507 e. The number of nitrogens with zero attached hydrogens (tertiary/aromatic N) is 1. The van der Waals surface area contributed by atoms with Crippen LogP contribution in [0.4, 0.5) is 4.20 Å². The van der Waals surface area contributed by atoms with Crippen molar-refractivity contribution in [3.05, 3.63) is 0 Å². The Hall–Kier alpha value is -0.450. The van der Waals surface area contributed by atoms with Gasteiger partial charge in [0.2, 0.25) is 0 Å². The third-order valence-corrected chi connectivity index (χ3v) is 0.568. The van der Waals surface area contributed by atoms with Crippen LogP contribution >= 0.6 is 7.91 Å². The Labute approximate surface area is 57.3 Å². The van der Waals surface area contributed by atoms with Crippen LogP contribution < -0.4 is 5.32 Å². The van der Waals surface area contributed by atoms with Gasteiger partial charge in [-0.15, -0.1) is 4.20 Å². The van der Waals surface area contributed by atoms with Gasteiger partial charge in [0.1, 0.15) is 0 Å². The molecule has 0 saturated heterocycles. The lowest BCUT2D eigenvalue weighted by atomic mass is 10.7. The summed E-state index contributed by atoms with van der Waals surface area (Å²) in [6.07, 6.45) is 1.74. The molecule has 1 aliphatic rings. The molecule has 10 heavy (non-hydrogen) atoms. The van der Waals surface area contributed by atoms with E-state index in [9.17, 15) is 4.20 Å². The summed E-state index contributed by atoms with van der Waals surface area (Å²) in [6.45, 7) is 1.99. The van der Waals surface area contributed by atoms with Crippen LogP contribution in [0, 0.1) is 0 Å². The van der Waals surface area contributed by atoms with Crippen molar-refractivity contribution in [2.75, 3.05) is 13.1 Å². The molecule has 7 heteroatoms. The maximum atomic E-state index is 10.4. The topological polar surface area (TPSA) is 81.9 Å². The minimum absolute atomic E-state index is 0.958. The largest absolute Gasteiger partial charge is 0.507 e. The molecule has 0 atom stereocenters. The van der Waals surface area contributed by atoms with Crippen LogP contribution in [0.2, 0.25) is 0 Å². The van der Waals surface area contributed by atoms with E-state index < -0.39 is 7.91 Å². The van der Waals surface area contributed by atoms with Gasteiger partial charge in [-0.2, -0.15) is 0 Å². The van der Waals surface area contributed by atoms with Crippen LogP contribution in [-0.4, -0.2) is 29.2 Å². The molecule has 1 heterocycles. The highest BCUT2D eigenvalue weighted by molar-refractivity contribution is 7.45. The average molecular weight is 170 g/mol. The normalized spacial score (nSPS) is 15.5. The van der Waals surface area contributed by atoms with Gasteiger partial charge < -0.3 is 5.32 Å². The number of halogens is 1. The first-order valence-corrected chi connectivity index (χ1v) is 3.97. The van der Waals surface area contributed by atoms with Crippen molar-refractivity contribution in [1.82, 2.24) is 5.32 Å². The van der Waals surface area contributed by atoms with Crippen LogP contribution in [0.25, 0.3) is 0 Å². The summed E-state index contributed by atoms with van der Waals surface area (Å²) < 4.78 is 19.0. The van der Waals surface area contributed by atoms with Gasteiger partial charge in [-0.3, -0.25) is 14.8 Å². The Morgan fingerprint density at radius 2 is 2.20 bits per heavy atom. The molecule has 0 bridgehead atoms. The Bertz CT molecular complexity index is 142. The van der Waals surface area contributed by atoms with Crippen molar-refractivity contribution in [1.29, 1.82) is 0 Å². The summed E-state index contributed by atoms with van der Waals surface area (Å²) in [5, 5.41) is 2.93. The molecule has 60 valence electrons. The van der Waals surface area contributed by atoms with Crippen molar-refractivity contribution >= 4 is 14.2 Å². The van der Waals surface area contributed by atoms with E-state index in [1.165, 1.54) is 0 Å². The predicted octanol–water partition coefficient (Wildman–Crippen LogP) is -0.334. The number of aliphatic imine (C=N–C) groups is 1. The van der Waals surface area contributed by atoms with Crippen LogP contribution in [0.3, 0.4) is 0 Å². The smallest absolute Gasteiger partial charge is 0.375 e. The van der Waals surface area contributed by atoms with E-state index in [0.717, 1.165) is 13.1 Å². The Balaban J connectivity index is 0.000000162. The Morgan fingerprint density at radius 3 is 2.30 bits per heavy atom. The van der Waals surface area contributed by atoms with Crippen molar-refractivity contribution in [2.24, 2.45) is 4.99 Å². The van der Waals surface area contributed by atoms with Gasteiger partial charge in [0.25, 0.3) is 0 Å². The molecule has 0 saturated carbocycles. The third-order valence-electron chi connectivity index (χ3n) is 0.568. The minimum atomic E-state index is -5.14. The van der Waals surface area contributed by atoms with Gasteiger partial charge in [0.15, 0.2) is 0 Å². The Morgan fingerprint density at radius 1 is 1.70 bits per heavy atom. The lowest BCUT2D eigenvalue weighted by Crippen LogP contribution is -2.04. The first-order valence-electron chi connectivity index (χ1n) is 2.47. The maximum absolute atomic E-state index is 10.4. The zero-order valence-corrected chi connectivity index (χ0v) is 5.96. The SMILES string of the molecule is C1=NCCN1.O=P(O)(O)F. The molecule has 0 unspecified atom stereocenters. The van der Waals surface area contributed by atoms with Gasteiger partial charge in [-0.1, -0.05) is 0 Å². The molecule has 0 spiro atoms. The molecule has 0 amide bonds. The second-order valence-corrected chi connectivity index (χ2v) is 2.41. The van der Waals surface area contributed by atoms with Crippen LogP contribution in [0.1, 0.15) is 0 Å². The van der Waals surface area contributed by atoms with Crippen LogP contribution in [-0.2, 0) is 4.57 Å². The van der Waals surface area contributed by atoms with Crippen LogP contribution in [0.15, 0.2) is 4.99 Å². The zero-order valence-electron chi connectivity index (χ0n) is 5.07. The molecule has 1 rings (SSSR count). The monoisotopic (exact) mass is 170 g/mol. The fraction of sp³-hybridized carbons (Fsp3) is 0.667. The summed E-state index contributed by atoms with van der Waals surface area (Å²) in [5.74, 6) is 0. The molecule has 0 fully saturated rings. The first-order chi connectivity index (χ1) is 4.50. The average Bonchev–Trinajstić information content (AvgIpc) is 2.07. The predicted molar refractivity (Wildman–Crippen MR) is 34.5 cm³/mol. The van der Waals surface area contributed by atoms with E-state index in [0.29, 0.717) is 0 Å². The molecule has 5 nitrogen and oxygen atoms in total. The van der Waals surface area contributed by atoms with E-state index in [2.05, 4.69) is 10.3 Å². The summed E-state index contributed by atoms with van der Waals surface area (Å²) in [4.78, 5) is 17.8. The van der Waals surface area contributed by atoms with Crippen molar-refractivity contribution in [2.45, 2.75) is 0 Å². The second kappa shape index (κ2) is 4.38. The number of hydrogen-bond acceptors (Lipinski definition) is 3. The molecular formula is C3H8FN2O3P. The fourth-order valence-corrected chi connectivity index (χ4v) is 0.323. The van der Waals surface area contributed by atoms with E-state index in [1.807, 2.05) is 0 Å². The third kappa shape index (κ3) is 15.6. The summed E-state index contributed by atoms with van der Waals surface area (Å²) in [6, 6.07) is 0. The summed E-state index contributed by atoms with van der Waals surface area (Å²) in [7, 11) is -5.14. The van der Waals surface area contributed by atoms with Crippen molar-refractivity contribution in [3.63, 3.8) is 0 Å². The minimum Gasteiger partial charge on any atom is -0.375 e. The highest BCUT2D eigenvalue weighted by Gasteiger charge is 2.04. The van der Waals surface area contributed by atoms with Crippen molar-refractivity contribution in [3.8, 4) is 0 Å². The van der Waals surface area contributed by atoms with E-state index in [1.54, 1.807) is 6.34 Å². The summed E-state index contributed by atoms with van der Waals surface area (Å²) in [5.41, 5.74) is 0. The summed E-state index contributed by atoms with van der Waals surface area (Å²) >= 11 is 0. The highest BCUT2D eigenvalue weighted by atomic mass is 31.2. The van der Waals surface area contributed by atoms with Crippen LogP contribution in [0.5, 0.6) is 0 Å². The van der Waals surface area contributed by atoms with Gasteiger partial charge in [0, 0.05) is 6.54 Å². The molecular weight excluding hydrogens is 162 g/mol. The molecule has 0 aliphatic carbocycles. The molecule has 3 N–H and O–H groups in total.